The van der Waals surface area contributed by atoms with Crippen molar-refractivity contribution in [3.05, 3.63) is 95.1 Å². The van der Waals surface area contributed by atoms with Gasteiger partial charge in [-0.1, -0.05) is 60.7 Å². The van der Waals surface area contributed by atoms with Gasteiger partial charge in [-0.25, -0.2) is 0 Å². The first-order chi connectivity index (χ1) is 13.1. The Kier molecular flexibility index (Phi) is 4.55. The lowest BCUT2D eigenvalue weighted by Gasteiger charge is -2.34. The highest BCUT2D eigenvalue weighted by Gasteiger charge is 2.33. The third kappa shape index (κ3) is 3.51. The fourth-order valence-corrected chi connectivity index (χ4v) is 3.82. The molecule has 0 fully saturated rings. The second-order valence-electron chi connectivity index (χ2n) is 6.84. The Hall–Kier alpha value is -3.27. The molecule has 1 aliphatic heterocycles. The number of hydrogen-bond acceptors (Lipinski definition) is 3. The van der Waals surface area contributed by atoms with E-state index in [4.69, 9.17) is 9.84 Å². The molecule has 0 saturated carbocycles. The highest BCUT2D eigenvalue weighted by Crippen LogP contribution is 2.46. The maximum Gasteiger partial charge on any atom is 0.307 e. The van der Waals surface area contributed by atoms with Crippen molar-refractivity contribution in [1.29, 1.82) is 0 Å². The number of aliphatic carboxylic acids is 1. The maximum atomic E-state index is 10.9. The van der Waals surface area contributed by atoms with Crippen molar-refractivity contribution in [3.63, 3.8) is 0 Å². The number of ether oxygens (including phenoxy) is 1. The zero-order valence-electron chi connectivity index (χ0n) is 14.7. The molecule has 0 spiro atoms. The van der Waals surface area contributed by atoms with Crippen molar-refractivity contribution in [2.24, 2.45) is 0 Å². The van der Waals surface area contributed by atoms with Crippen LogP contribution in [0.2, 0.25) is 0 Å². The van der Waals surface area contributed by atoms with E-state index in [2.05, 4.69) is 12.1 Å². The van der Waals surface area contributed by atoms with Crippen LogP contribution in [0.1, 0.15) is 34.1 Å². The lowest BCUT2D eigenvalue weighted by atomic mass is 9.75. The van der Waals surface area contributed by atoms with Gasteiger partial charge in [-0.05, 0) is 22.8 Å². The Morgan fingerprint density at radius 1 is 0.963 bits per heavy atom. The van der Waals surface area contributed by atoms with E-state index < -0.39 is 5.97 Å². The van der Waals surface area contributed by atoms with Crippen molar-refractivity contribution in [1.82, 2.24) is 0 Å². The molecule has 27 heavy (non-hydrogen) atoms. The minimum Gasteiger partial charge on any atom is -0.508 e. The number of hydrogen-bond donors (Lipinski definition) is 2. The van der Waals surface area contributed by atoms with E-state index >= 15 is 0 Å². The third-order valence-electron chi connectivity index (χ3n) is 5.07. The molecule has 1 heterocycles. The van der Waals surface area contributed by atoms with Crippen LogP contribution in [-0.4, -0.2) is 22.8 Å². The van der Waals surface area contributed by atoms with Gasteiger partial charge in [0.25, 0.3) is 0 Å². The third-order valence-corrected chi connectivity index (χ3v) is 5.07. The topological polar surface area (TPSA) is 66.8 Å². The van der Waals surface area contributed by atoms with Gasteiger partial charge in [0, 0.05) is 23.5 Å². The van der Waals surface area contributed by atoms with E-state index in [0.29, 0.717) is 12.4 Å². The second kappa shape index (κ2) is 7.16. The Bertz CT molecular complexity index is 948. The number of carbonyl (C=O) groups is 1. The zero-order chi connectivity index (χ0) is 18.8. The molecule has 0 amide bonds. The lowest BCUT2D eigenvalue weighted by Crippen LogP contribution is -2.25. The Balaban J connectivity index is 1.78. The molecule has 0 aliphatic carbocycles. The minimum atomic E-state index is -0.836. The molecule has 1 aliphatic rings. The normalized spacial score (nSPS) is 18.4. The van der Waals surface area contributed by atoms with Gasteiger partial charge in [-0.2, -0.15) is 0 Å². The Labute approximate surface area is 157 Å². The SMILES string of the molecule is O=C(O)Cc1ccc([C@H]2c3ccc(O)cc3OC[C@H]2c2ccccc2)cc1. The predicted octanol–water partition coefficient (Wildman–Crippen LogP) is 4.33. The molecule has 4 rings (SSSR count). The largest absolute Gasteiger partial charge is 0.508 e. The fourth-order valence-electron chi connectivity index (χ4n) is 3.82. The van der Waals surface area contributed by atoms with Crippen LogP contribution in [0.5, 0.6) is 11.5 Å². The van der Waals surface area contributed by atoms with Gasteiger partial charge < -0.3 is 14.9 Å². The lowest BCUT2D eigenvalue weighted by molar-refractivity contribution is -0.136. The highest BCUT2D eigenvalue weighted by atomic mass is 16.5. The molecule has 0 unspecified atom stereocenters. The number of carboxylic acids is 1. The number of carboxylic acid groups (broad SMARTS) is 1. The number of phenolic OH excluding ortho intramolecular Hbond substituents is 1. The standard InChI is InChI=1S/C23H20O4/c24-18-10-11-19-21(13-18)27-14-20(16-4-2-1-3-5-16)23(19)17-8-6-15(7-9-17)12-22(25)26/h1-11,13,20,23-24H,12,14H2,(H,25,26)/t20-,23-/m0/s1. The van der Waals surface area contributed by atoms with Crippen molar-refractivity contribution in [2.45, 2.75) is 18.3 Å². The van der Waals surface area contributed by atoms with E-state index in [1.165, 1.54) is 5.56 Å². The van der Waals surface area contributed by atoms with Crippen LogP contribution in [0.15, 0.2) is 72.8 Å². The van der Waals surface area contributed by atoms with E-state index in [1.54, 1.807) is 12.1 Å². The molecular weight excluding hydrogens is 340 g/mol. The van der Waals surface area contributed by atoms with Crippen molar-refractivity contribution >= 4 is 5.97 Å². The first-order valence-corrected chi connectivity index (χ1v) is 8.93. The fraction of sp³-hybridized carbons (Fsp3) is 0.174. The molecule has 0 aromatic heterocycles. The molecule has 4 nitrogen and oxygen atoms in total. The van der Waals surface area contributed by atoms with E-state index in [9.17, 15) is 9.90 Å². The number of fused-ring (bicyclic) bond motifs is 1. The summed E-state index contributed by atoms with van der Waals surface area (Å²) < 4.78 is 5.96. The average Bonchev–Trinajstić information content (AvgIpc) is 2.68. The summed E-state index contributed by atoms with van der Waals surface area (Å²) in [7, 11) is 0. The summed E-state index contributed by atoms with van der Waals surface area (Å²) in [5.74, 6) is 0.241. The molecule has 3 aromatic carbocycles. The zero-order valence-corrected chi connectivity index (χ0v) is 14.7. The predicted molar refractivity (Wildman–Crippen MR) is 102 cm³/mol. The summed E-state index contributed by atoms with van der Waals surface area (Å²) in [5.41, 5.74) is 4.10. The number of aromatic hydroxyl groups is 1. The summed E-state index contributed by atoms with van der Waals surface area (Å²) in [6, 6.07) is 23.2. The van der Waals surface area contributed by atoms with Crippen LogP contribution in [0.4, 0.5) is 0 Å². The number of benzene rings is 3. The van der Waals surface area contributed by atoms with Crippen LogP contribution in [0.25, 0.3) is 0 Å². The van der Waals surface area contributed by atoms with E-state index in [-0.39, 0.29) is 24.0 Å². The van der Waals surface area contributed by atoms with Gasteiger partial charge in [0.2, 0.25) is 0 Å². The molecular formula is C23H20O4. The first-order valence-electron chi connectivity index (χ1n) is 8.93. The monoisotopic (exact) mass is 360 g/mol. The van der Waals surface area contributed by atoms with Crippen molar-refractivity contribution in [3.8, 4) is 11.5 Å². The van der Waals surface area contributed by atoms with Gasteiger partial charge in [0.15, 0.2) is 0 Å². The molecule has 2 N–H and O–H groups in total. The second-order valence-corrected chi connectivity index (χ2v) is 6.84. The van der Waals surface area contributed by atoms with Crippen molar-refractivity contribution < 1.29 is 19.7 Å². The molecule has 3 aromatic rings. The molecule has 0 bridgehead atoms. The summed E-state index contributed by atoms with van der Waals surface area (Å²) in [5, 5.41) is 18.8. The first kappa shape index (κ1) is 17.2. The van der Waals surface area contributed by atoms with Gasteiger partial charge in [-0.3, -0.25) is 4.79 Å². The van der Waals surface area contributed by atoms with Gasteiger partial charge in [-0.15, -0.1) is 0 Å². The van der Waals surface area contributed by atoms with Gasteiger partial charge in [0.1, 0.15) is 11.5 Å². The summed E-state index contributed by atoms with van der Waals surface area (Å²) in [6.45, 7) is 0.516. The molecule has 4 heteroatoms. The molecule has 0 saturated heterocycles. The highest BCUT2D eigenvalue weighted by molar-refractivity contribution is 5.70. The summed E-state index contributed by atoms with van der Waals surface area (Å²) in [4.78, 5) is 10.9. The van der Waals surface area contributed by atoms with Crippen LogP contribution in [0.3, 0.4) is 0 Å². The molecule has 0 radical (unpaired) electrons. The quantitative estimate of drug-likeness (QED) is 0.727. The van der Waals surface area contributed by atoms with Crippen molar-refractivity contribution in [2.75, 3.05) is 6.61 Å². The van der Waals surface area contributed by atoms with E-state index in [0.717, 1.165) is 16.7 Å². The summed E-state index contributed by atoms with van der Waals surface area (Å²) in [6.07, 6.45) is 0.0145. The maximum absolute atomic E-state index is 10.9. The molecule has 136 valence electrons. The van der Waals surface area contributed by atoms with Crippen LogP contribution in [-0.2, 0) is 11.2 Å². The van der Waals surface area contributed by atoms with Gasteiger partial charge in [0.05, 0.1) is 13.0 Å². The Morgan fingerprint density at radius 2 is 1.70 bits per heavy atom. The van der Waals surface area contributed by atoms with E-state index in [1.807, 2.05) is 48.5 Å². The Morgan fingerprint density at radius 3 is 2.41 bits per heavy atom. The van der Waals surface area contributed by atoms with Crippen LogP contribution < -0.4 is 4.74 Å². The van der Waals surface area contributed by atoms with Crippen LogP contribution in [0, 0.1) is 0 Å². The minimum absolute atomic E-state index is 0.0145. The smallest absolute Gasteiger partial charge is 0.307 e. The average molecular weight is 360 g/mol. The number of phenols is 1. The summed E-state index contributed by atoms with van der Waals surface area (Å²) >= 11 is 0. The molecule has 2 atom stereocenters. The van der Waals surface area contributed by atoms with Gasteiger partial charge >= 0.3 is 5.97 Å². The van der Waals surface area contributed by atoms with Crippen LogP contribution >= 0.6 is 0 Å². The number of rotatable bonds is 4.